The molecule has 0 radical (unpaired) electrons. The first-order valence-electron chi connectivity index (χ1n) is 8.71. The van der Waals surface area contributed by atoms with E-state index in [1.807, 2.05) is 43.3 Å². The number of nitrogens with zero attached hydrogens (tertiary/aromatic N) is 2. The van der Waals surface area contributed by atoms with E-state index in [0.29, 0.717) is 12.0 Å². The van der Waals surface area contributed by atoms with E-state index >= 15 is 0 Å². The predicted molar refractivity (Wildman–Crippen MR) is 102 cm³/mol. The zero-order chi connectivity index (χ0) is 19.3. The molecule has 0 spiro atoms. The van der Waals surface area contributed by atoms with Crippen LogP contribution < -0.4 is 5.43 Å². The number of hydrazone groups is 1. The molecule has 0 unspecified atom stereocenters. The van der Waals surface area contributed by atoms with Crippen LogP contribution in [0.3, 0.4) is 0 Å². The number of aromatic nitrogens is 1. The van der Waals surface area contributed by atoms with E-state index in [1.165, 1.54) is 6.21 Å². The van der Waals surface area contributed by atoms with Crippen LogP contribution in [0.15, 0.2) is 71.6 Å². The van der Waals surface area contributed by atoms with Crippen LogP contribution in [-0.4, -0.2) is 28.2 Å². The number of hydrogen-bond acceptors (Lipinski definition) is 4. The first kappa shape index (κ1) is 18.5. The summed E-state index contributed by atoms with van der Waals surface area (Å²) in [4.78, 5) is 29.2. The van der Waals surface area contributed by atoms with Crippen molar-refractivity contribution in [3.63, 3.8) is 0 Å². The SMILES string of the molecule is CC1=CC[C@@](C(=O)O)(C(=O)N/N=C\c2cccnc2)[C@@H](c2ccccc2)C1. The molecule has 2 aromatic rings. The van der Waals surface area contributed by atoms with E-state index in [4.69, 9.17) is 0 Å². The Labute approximate surface area is 157 Å². The number of nitrogens with one attached hydrogen (secondary N) is 1. The van der Waals surface area contributed by atoms with Crippen LogP contribution in [-0.2, 0) is 9.59 Å². The van der Waals surface area contributed by atoms with E-state index in [9.17, 15) is 14.7 Å². The maximum absolute atomic E-state index is 13.0. The molecule has 2 N–H and O–H groups in total. The van der Waals surface area contributed by atoms with Gasteiger partial charge in [0.15, 0.2) is 5.41 Å². The Morgan fingerprint density at radius 3 is 2.70 bits per heavy atom. The Kier molecular flexibility index (Phi) is 5.45. The van der Waals surface area contributed by atoms with Crippen molar-refractivity contribution in [3.8, 4) is 0 Å². The molecule has 0 bridgehead atoms. The molecule has 0 fully saturated rings. The van der Waals surface area contributed by atoms with Gasteiger partial charge in [-0.15, -0.1) is 0 Å². The Hall–Kier alpha value is -3.28. The minimum absolute atomic E-state index is 0.127. The first-order chi connectivity index (χ1) is 13.0. The highest BCUT2D eigenvalue weighted by atomic mass is 16.4. The van der Waals surface area contributed by atoms with Gasteiger partial charge in [-0.1, -0.05) is 48.0 Å². The van der Waals surface area contributed by atoms with Gasteiger partial charge in [-0.3, -0.25) is 14.6 Å². The monoisotopic (exact) mass is 363 g/mol. The van der Waals surface area contributed by atoms with Gasteiger partial charge >= 0.3 is 5.97 Å². The van der Waals surface area contributed by atoms with Crippen molar-refractivity contribution in [1.29, 1.82) is 0 Å². The topological polar surface area (TPSA) is 91.6 Å². The lowest BCUT2D eigenvalue weighted by molar-refractivity contribution is -0.158. The number of benzene rings is 1. The van der Waals surface area contributed by atoms with Crippen LogP contribution in [0.1, 0.15) is 36.8 Å². The number of carbonyl (C=O) groups excluding carboxylic acids is 1. The minimum atomic E-state index is -1.60. The van der Waals surface area contributed by atoms with Gasteiger partial charge in [0.2, 0.25) is 0 Å². The molecule has 1 aromatic heterocycles. The zero-order valence-corrected chi connectivity index (χ0v) is 15.0. The summed E-state index contributed by atoms with van der Waals surface area (Å²) in [5.41, 5.74) is 3.44. The van der Waals surface area contributed by atoms with Crippen LogP contribution in [0.4, 0.5) is 0 Å². The third-order valence-electron chi connectivity index (χ3n) is 4.95. The van der Waals surface area contributed by atoms with Gasteiger partial charge in [-0.25, -0.2) is 5.43 Å². The van der Waals surface area contributed by atoms with E-state index in [1.54, 1.807) is 24.5 Å². The van der Waals surface area contributed by atoms with Gasteiger partial charge in [0.05, 0.1) is 6.21 Å². The lowest BCUT2D eigenvalue weighted by Gasteiger charge is -2.38. The fourth-order valence-corrected chi connectivity index (χ4v) is 3.45. The molecule has 0 saturated carbocycles. The van der Waals surface area contributed by atoms with Gasteiger partial charge < -0.3 is 5.11 Å². The fraction of sp³-hybridized carbons (Fsp3) is 0.238. The molecular formula is C21H21N3O3. The summed E-state index contributed by atoms with van der Waals surface area (Å²) >= 11 is 0. The highest BCUT2D eigenvalue weighted by molar-refractivity contribution is 6.03. The summed E-state index contributed by atoms with van der Waals surface area (Å²) in [5, 5.41) is 14.0. The van der Waals surface area contributed by atoms with Crippen LogP contribution in [0.2, 0.25) is 0 Å². The molecule has 1 amide bonds. The molecule has 1 heterocycles. The third-order valence-corrected chi connectivity index (χ3v) is 4.95. The first-order valence-corrected chi connectivity index (χ1v) is 8.71. The molecule has 1 aliphatic carbocycles. The van der Waals surface area contributed by atoms with Crippen molar-refractivity contribution >= 4 is 18.1 Å². The number of carboxylic acids is 1. The smallest absolute Gasteiger partial charge is 0.320 e. The maximum Gasteiger partial charge on any atom is 0.320 e. The Morgan fingerprint density at radius 2 is 2.04 bits per heavy atom. The standard InChI is InChI=1S/C21H21N3O3/c1-15-9-10-21(20(26)27,18(12-15)17-7-3-2-4-8-17)19(25)24-23-14-16-6-5-11-22-13-16/h2-9,11,13-14,18H,10,12H2,1H3,(H,24,25)(H,26,27)/b23-14-/t18-,21+/m1/s1. The van der Waals surface area contributed by atoms with Crippen molar-refractivity contribution in [2.75, 3.05) is 0 Å². The molecule has 6 nitrogen and oxygen atoms in total. The molecule has 138 valence electrons. The van der Waals surface area contributed by atoms with Crippen molar-refractivity contribution < 1.29 is 14.7 Å². The minimum Gasteiger partial charge on any atom is -0.480 e. The van der Waals surface area contributed by atoms with E-state index in [-0.39, 0.29) is 6.42 Å². The molecule has 2 atom stereocenters. The Bertz CT molecular complexity index is 878. The average Bonchev–Trinajstić information content (AvgIpc) is 2.69. The molecule has 6 heteroatoms. The van der Waals surface area contributed by atoms with Gasteiger partial charge in [0, 0.05) is 23.9 Å². The van der Waals surface area contributed by atoms with Crippen molar-refractivity contribution in [2.45, 2.75) is 25.7 Å². The molecule has 27 heavy (non-hydrogen) atoms. The van der Waals surface area contributed by atoms with Crippen molar-refractivity contribution in [3.05, 3.63) is 77.6 Å². The highest BCUT2D eigenvalue weighted by Crippen LogP contribution is 2.47. The van der Waals surface area contributed by atoms with E-state index in [2.05, 4.69) is 15.5 Å². The Morgan fingerprint density at radius 1 is 1.26 bits per heavy atom. The fourth-order valence-electron chi connectivity index (χ4n) is 3.45. The molecule has 3 rings (SSSR count). The van der Waals surface area contributed by atoms with Crippen LogP contribution in [0.25, 0.3) is 0 Å². The summed E-state index contributed by atoms with van der Waals surface area (Å²) in [6.07, 6.45) is 7.15. The summed E-state index contributed by atoms with van der Waals surface area (Å²) in [5.74, 6) is -2.23. The van der Waals surface area contributed by atoms with Crippen LogP contribution >= 0.6 is 0 Å². The number of pyridine rings is 1. The molecule has 0 aliphatic heterocycles. The van der Waals surface area contributed by atoms with E-state index in [0.717, 1.165) is 11.1 Å². The number of carbonyl (C=O) groups is 2. The zero-order valence-electron chi connectivity index (χ0n) is 15.0. The second-order valence-electron chi connectivity index (χ2n) is 6.68. The Balaban J connectivity index is 1.91. The number of aliphatic carboxylic acids is 1. The van der Waals surface area contributed by atoms with Gasteiger partial charge in [-0.2, -0.15) is 5.10 Å². The maximum atomic E-state index is 13.0. The number of rotatable bonds is 5. The number of carboxylic acid groups (broad SMARTS) is 1. The largest absolute Gasteiger partial charge is 0.480 e. The van der Waals surface area contributed by atoms with Crippen LogP contribution in [0, 0.1) is 5.41 Å². The lowest BCUT2D eigenvalue weighted by atomic mass is 9.64. The molecule has 0 saturated heterocycles. The summed E-state index contributed by atoms with van der Waals surface area (Å²) in [6.45, 7) is 1.96. The van der Waals surface area contributed by atoms with Gasteiger partial charge in [0.25, 0.3) is 5.91 Å². The van der Waals surface area contributed by atoms with Gasteiger partial charge in [0.1, 0.15) is 0 Å². The van der Waals surface area contributed by atoms with Crippen molar-refractivity contribution in [2.24, 2.45) is 10.5 Å². The second-order valence-corrected chi connectivity index (χ2v) is 6.68. The molecular weight excluding hydrogens is 342 g/mol. The summed E-state index contributed by atoms with van der Waals surface area (Å²) < 4.78 is 0. The second kappa shape index (κ2) is 7.95. The van der Waals surface area contributed by atoms with Gasteiger partial charge in [-0.05, 0) is 31.4 Å². The normalized spacial score (nSPS) is 22.3. The summed E-state index contributed by atoms with van der Waals surface area (Å²) in [6, 6.07) is 12.9. The summed E-state index contributed by atoms with van der Waals surface area (Å²) in [7, 11) is 0. The van der Waals surface area contributed by atoms with Crippen LogP contribution in [0.5, 0.6) is 0 Å². The number of hydrogen-bond donors (Lipinski definition) is 2. The predicted octanol–water partition coefficient (Wildman–Crippen LogP) is 3.13. The third kappa shape index (κ3) is 3.79. The van der Waals surface area contributed by atoms with Crippen molar-refractivity contribution in [1.82, 2.24) is 10.4 Å². The molecule has 1 aromatic carbocycles. The number of allylic oxidation sites excluding steroid dienone is 2. The highest BCUT2D eigenvalue weighted by Gasteiger charge is 2.53. The molecule has 1 aliphatic rings. The van der Waals surface area contributed by atoms with E-state index < -0.39 is 23.2 Å². The average molecular weight is 363 g/mol. The number of amides is 1. The quantitative estimate of drug-likeness (QED) is 0.369. The lowest BCUT2D eigenvalue weighted by Crippen LogP contribution is -2.50.